The minimum absolute atomic E-state index is 0.0975. The standard InChI is InChI=1S/C22H27N5O2/c28-21-19(6-3-1-2-5-16-7-8-16)26-18-10-9-17(15-20(18)27-21)29-14-13-25-22-23-11-4-12-24-22/h4,9-12,15-16H,1-3,5-8,13-14H2,(H,27,28)(H,23,24,25). The zero-order valence-electron chi connectivity index (χ0n) is 16.6. The van der Waals surface area contributed by atoms with Gasteiger partial charge < -0.3 is 15.0 Å². The number of rotatable bonds is 11. The first-order valence-electron chi connectivity index (χ1n) is 10.4. The van der Waals surface area contributed by atoms with Crippen molar-refractivity contribution in [2.75, 3.05) is 18.5 Å². The van der Waals surface area contributed by atoms with Crippen molar-refractivity contribution in [2.24, 2.45) is 5.92 Å². The van der Waals surface area contributed by atoms with Crippen molar-refractivity contribution in [3.05, 3.63) is 52.7 Å². The van der Waals surface area contributed by atoms with E-state index in [1.165, 1.54) is 32.1 Å². The summed E-state index contributed by atoms with van der Waals surface area (Å²) in [5, 5.41) is 3.09. The van der Waals surface area contributed by atoms with E-state index in [0.29, 0.717) is 36.1 Å². The third kappa shape index (κ3) is 5.76. The fourth-order valence-electron chi connectivity index (χ4n) is 3.39. The first-order chi connectivity index (χ1) is 14.3. The molecule has 4 rings (SSSR count). The Morgan fingerprint density at radius 2 is 2.00 bits per heavy atom. The van der Waals surface area contributed by atoms with Crippen LogP contribution in [0.1, 0.15) is 44.2 Å². The molecule has 7 nitrogen and oxygen atoms in total. The first-order valence-corrected chi connectivity index (χ1v) is 10.4. The van der Waals surface area contributed by atoms with Crippen molar-refractivity contribution < 1.29 is 4.74 Å². The lowest BCUT2D eigenvalue weighted by Gasteiger charge is -2.09. The minimum atomic E-state index is -0.0975. The van der Waals surface area contributed by atoms with Crippen molar-refractivity contribution in [1.82, 2.24) is 19.9 Å². The van der Waals surface area contributed by atoms with Gasteiger partial charge in [0, 0.05) is 18.5 Å². The molecule has 0 unspecified atom stereocenters. The lowest BCUT2D eigenvalue weighted by molar-refractivity contribution is 0.333. The number of hydrogen-bond donors (Lipinski definition) is 2. The molecule has 2 aromatic heterocycles. The summed E-state index contributed by atoms with van der Waals surface area (Å²) in [6.07, 6.45) is 11.7. The molecule has 0 atom stereocenters. The summed E-state index contributed by atoms with van der Waals surface area (Å²) >= 11 is 0. The molecule has 0 bridgehead atoms. The van der Waals surface area contributed by atoms with Crippen LogP contribution in [0.3, 0.4) is 0 Å². The number of unbranched alkanes of at least 4 members (excludes halogenated alkanes) is 2. The molecule has 7 heteroatoms. The van der Waals surface area contributed by atoms with Gasteiger partial charge in [-0.05, 0) is 37.0 Å². The number of hydrogen-bond acceptors (Lipinski definition) is 6. The molecule has 1 aromatic carbocycles. The van der Waals surface area contributed by atoms with E-state index >= 15 is 0 Å². The fraction of sp³-hybridized carbons (Fsp3) is 0.455. The number of H-pyrrole nitrogens is 1. The Morgan fingerprint density at radius 1 is 1.14 bits per heavy atom. The Labute approximate surface area is 170 Å². The van der Waals surface area contributed by atoms with Crippen LogP contribution in [0.15, 0.2) is 41.5 Å². The molecule has 1 aliphatic carbocycles. The maximum atomic E-state index is 12.4. The molecule has 0 saturated heterocycles. The lowest BCUT2D eigenvalue weighted by Crippen LogP contribution is -2.15. The van der Waals surface area contributed by atoms with Gasteiger partial charge in [-0.15, -0.1) is 0 Å². The molecule has 1 fully saturated rings. The van der Waals surface area contributed by atoms with Crippen LogP contribution in [0, 0.1) is 5.92 Å². The van der Waals surface area contributed by atoms with E-state index in [2.05, 4.69) is 25.3 Å². The topological polar surface area (TPSA) is 92.8 Å². The second-order valence-electron chi connectivity index (χ2n) is 7.58. The van der Waals surface area contributed by atoms with E-state index in [4.69, 9.17) is 4.74 Å². The van der Waals surface area contributed by atoms with Crippen LogP contribution in [0.5, 0.6) is 5.75 Å². The van der Waals surface area contributed by atoms with Gasteiger partial charge in [-0.1, -0.05) is 32.1 Å². The minimum Gasteiger partial charge on any atom is -0.492 e. The largest absolute Gasteiger partial charge is 0.492 e. The number of ether oxygens (including phenoxy) is 1. The Balaban J connectivity index is 1.28. The molecular formula is C22H27N5O2. The van der Waals surface area contributed by atoms with Crippen LogP contribution < -0.4 is 15.6 Å². The monoisotopic (exact) mass is 393 g/mol. The van der Waals surface area contributed by atoms with Gasteiger partial charge in [0.1, 0.15) is 18.1 Å². The highest BCUT2D eigenvalue weighted by Crippen LogP contribution is 2.34. The molecular weight excluding hydrogens is 366 g/mol. The molecule has 3 aromatic rings. The Bertz CT molecular complexity index is 985. The number of aromatic amines is 1. The van der Waals surface area contributed by atoms with Gasteiger partial charge in [0.2, 0.25) is 5.95 Å². The second kappa shape index (κ2) is 9.49. The van der Waals surface area contributed by atoms with Gasteiger partial charge in [0.15, 0.2) is 0 Å². The predicted molar refractivity (Wildman–Crippen MR) is 113 cm³/mol. The summed E-state index contributed by atoms with van der Waals surface area (Å²) in [4.78, 5) is 28.1. The zero-order valence-corrected chi connectivity index (χ0v) is 16.6. The van der Waals surface area contributed by atoms with Crippen LogP contribution in [-0.4, -0.2) is 33.1 Å². The third-order valence-corrected chi connectivity index (χ3v) is 5.18. The average molecular weight is 393 g/mol. The number of benzene rings is 1. The Kier molecular flexibility index (Phi) is 6.34. The normalized spacial score (nSPS) is 13.5. The van der Waals surface area contributed by atoms with E-state index in [-0.39, 0.29) is 5.56 Å². The molecule has 152 valence electrons. The first kappa shape index (κ1) is 19.4. The fourth-order valence-corrected chi connectivity index (χ4v) is 3.39. The van der Waals surface area contributed by atoms with Crippen molar-refractivity contribution in [3.8, 4) is 5.75 Å². The molecule has 2 N–H and O–H groups in total. The van der Waals surface area contributed by atoms with E-state index in [0.717, 1.165) is 24.3 Å². The maximum absolute atomic E-state index is 12.4. The van der Waals surface area contributed by atoms with Gasteiger partial charge in [-0.3, -0.25) is 4.79 Å². The van der Waals surface area contributed by atoms with Gasteiger partial charge in [-0.25, -0.2) is 15.0 Å². The highest BCUT2D eigenvalue weighted by molar-refractivity contribution is 5.75. The quantitative estimate of drug-likeness (QED) is 0.482. The summed E-state index contributed by atoms with van der Waals surface area (Å²) in [7, 11) is 0. The number of aromatic nitrogens is 4. The van der Waals surface area contributed by atoms with E-state index in [1.807, 2.05) is 18.2 Å². The molecule has 1 aliphatic rings. The van der Waals surface area contributed by atoms with E-state index in [1.54, 1.807) is 18.5 Å². The lowest BCUT2D eigenvalue weighted by atomic mass is 10.1. The smallest absolute Gasteiger partial charge is 0.270 e. The zero-order chi connectivity index (χ0) is 19.9. The van der Waals surface area contributed by atoms with Crippen LogP contribution >= 0.6 is 0 Å². The average Bonchev–Trinajstić information content (AvgIpc) is 3.56. The van der Waals surface area contributed by atoms with Crippen LogP contribution in [-0.2, 0) is 6.42 Å². The van der Waals surface area contributed by atoms with Crippen molar-refractivity contribution in [2.45, 2.75) is 44.9 Å². The third-order valence-electron chi connectivity index (χ3n) is 5.18. The summed E-state index contributed by atoms with van der Waals surface area (Å²) in [6.45, 7) is 1.04. The highest BCUT2D eigenvalue weighted by atomic mass is 16.5. The van der Waals surface area contributed by atoms with Crippen molar-refractivity contribution in [3.63, 3.8) is 0 Å². The molecule has 0 aliphatic heterocycles. The molecule has 0 radical (unpaired) electrons. The number of nitrogens with one attached hydrogen (secondary N) is 2. The van der Waals surface area contributed by atoms with Crippen molar-refractivity contribution in [1.29, 1.82) is 0 Å². The van der Waals surface area contributed by atoms with Gasteiger partial charge in [-0.2, -0.15) is 0 Å². The number of anilines is 1. The van der Waals surface area contributed by atoms with Crippen LogP contribution in [0.25, 0.3) is 11.0 Å². The van der Waals surface area contributed by atoms with E-state index in [9.17, 15) is 4.79 Å². The van der Waals surface area contributed by atoms with E-state index < -0.39 is 0 Å². The summed E-state index contributed by atoms with van der Waals surface area (Å²) in [5.41, 5.74) is 2.02. The summed E-state index contributed by atoms with van der Waals surface area (Å²) < 4.78 is 5.75. The number of fused-ring (bicyclic) bond motifs is 1. The van der Waals surface area contributed by atoms with Gasteiger partial charge >= 0.3 is 0 Å². The molecule has 29 heavy (non-hydrogen) atoms. The molecule has 2 heterocycles. The predicted octanol–water partition coefficient (Wildman–Crippen LogP) is 3.72. The highest BCUT2D eigenvalue weighted by Gasteiger charge is 2.19. The number of nitrogens with zero attached hydrogens (tertiary/aromatic N) is 3. The van der Waals surface area contributed by atoms with Crippen molar-refractivity contribution >= 4 is 17.0 Å². The summed E-state index contributed by atoms with van der Waals surface area (Å²) in [5.74, 6) is 2.25. The maximum Gasteiger partial charge on any atom is 0.270 e. The molecule has 0 spiro atoms. The van der Waals surface area contributed by atoms with Crippen LogP contribution in [0.2, 0.25) is 0 Å². The van der Waals surface area contributed by atoms with Crippen LogP contribution in [0.4, 0.5) is 5.95 Å². The second-order valence-corrected chi connectivity index (χ2v) is 7.58. The summed E-state index contributed by atoms with van der Waals surface area (Å²) in [6, 6.07) is 7.37. The Morgan fingerprint density at radius 3 is 2.83 bits per heavy atom. The molecule has 0 amide bonds. The van der Waals surface area contributed by atoms with Gasteiger partial charge in [0.05, 0.1) is 17.6 Å². The molecule has 1 saturated carbocycles. The SMILES string of the molecule is O=c1[nH]c2cc(OCCNc3ncccn3)ccc2nc1CCCCCC1CC1. The Hall–Kier alpha value is -2.96. The van der Waals surface area contributed by atoms with Gasteiger partial charge in [0.25, 0.3) is 5.56 Å². The number of aryl methyl sites for hydroxylation is 1.